The van der Waals surface area contributed by atoms with Crippen molar-refractivity contribution < 1.29 is 18.7 Å². The van der Waals surface area contributed by atoms with E-state index in [4.69, 9.17) is 9.47 Å². The van der Waals surface area contributed by atoms with E-state index in [0.29, 0.717) is 19.6 Å². The number of hydrogen-bond donors (Lipinski definition) is 1. The molecule has 4 nitrogen and oxygen atoms in total. The lowest BCUT2D eigenvalue weighted by molar-refractivity contribution is -0.122. The minimum absolute atomic E-state index is 0.0842. The minimum atomic E-state index is -0.383. The molecule has 92 valence electrons. The number of epoxide rings is 1. The Hall–Kier alpha value is -1.62. The van der Waals surface area contributed by atoms with E-state index in [-0.39, 0.29) is 23.6 Å². The molecule has 0 spiro atoms. The molecule has 17 heavy (non-hydrogen) atoms. The summed E-state index contributed by atoms with van der Waals surface area (Å²) in [6, 6.07) is 4.67. The second-order valence-corrected chi connectivity index (χ2v) is 3.83. The van der Waals surface area contributed by atoms with Gasteiger partial charge in [0.2, 0.25) is 0 Å². The molecule has 1 aliphatic rings. The molecule has 0 aliphatic carbocycles. The van der Waals surface area contributed by atoms with Gasteiger partial charge in [-0.05, 0) is 24.1 Å². The zero-order chi connectivity index (χ0) is 12.3. The van der Waals surface area contributed by atoms with Crippen molar-refractivity contribution in [1.29, 1.82) is 0 Å². The number of halogens is 1. The molecule has 1 unspecified atom stereocenters. The number of carbonyl (C=O) groups is 1. The van der Waals surface area contributed by atoms with Crippen molar-refractivity contribution in [3.63, 3.8) is 0 Å². The van der Waals surface area contributed by atoms with E-state index in [1.165, 1.54) is 13.2 Å². The number of carbonyl (C=O) groups excluding carboxylic acids is 1. The number of hydrogen-bond acceptors (Lipinski definition) is 3. The molecule has 5 heteroatoms. The van der Waals surface area contributed by atoms with Crippen LogP contribution in [0.1, 0.15) is 5.56 Å². The van der Waals surface area contributed by atoms with Crippen molar-refractivity contribution in [2.24, 2.45) is 0 Å². The maximum atomic E-state index is 13.1. The van der Waals surface area contributed by atoms with E-state index in [0.717, 1.165) is 5.56 Å². The van der Waals surface area contributed by atoms with Crippen LogP contribution in [0.2, 0.25) is 0 Å². The number of rotatable bonds is 5. The summed E-state index contributed by atoms with van der Waals surface area (Å²) in [6.45, 7) is 1.02. The van der Waals surface area contributed by atoms with Gasteiger partial charge in [-0.15, -0.1) is 0 Å². The van der Waals surface area contributed by atoms with E-state index in [1.807, 2.05) is 0 Å². The molecule has 0 aromatic heterocycles. The average molecular weight is 239 g/mol. The third kappa shape index (κ3) is 3.17. The Morgan fingerprint density at radius 1 is 1.65 bits per heavy atom. The molecule has 1 amide bonds. The highest BCUT2D eigenvalue weighted by Gasteiger charge is 2.30. The van der Waals surface area contributed by atoms with Gasteiger partial charge in [0.05, 0.1) is 13.7 Å². The van der Waals surface area contributed by atoms with Crippen LogP contribution in [0.4, 0.5) is 4.39 Å². The van der Waals surface area contributed by atoms with Crippen LogP contribution in [0.25, 0.3) is 0 Å². The molecule has 0 saturated carbocycles. The quantitative estimate of drug-likeness (QED) is 0.776. The van der Waals surface area contributed by atoms with Gasteiger partial charge in [0, 0.05) is 6.54 Å². The van der Waals surface area contributed by atoms with Gasteiger partial charge in [0.1, 0.15) is 0 Å². The van der Waals surface area contributed by atoms with Crippen LogP contribution in [-0.2, 0) is 16.0 Å². The number of ether oxygens (including phenoxy) is 2. The predicted molar refractivity (Wildman–Crippen MR) is 59.4 cm³/mol. The van der Waals surface area contributed by atoms with Crippen LogP contribution >= 0.6 is 0 Å². The Bertz CT molecular complexity index is 418. The fourth-order valence-electron chi connectivity index (χ4n) is 1.50. The molecular weight excluding hydrogens is 225 g/mol. The van der Waals surface area contributed by atoms with E-state index in [1.54, 1.807) is 12.1 Å². The highest BCUT2D eigenvalue weighted by molar-refractivity contribution is 5.82. The fourth-order valence-corrected chi connectivity index (χ4v) is 1.50. The molecule has 1 saturated heterocycles. The lowest BCUT2D eigenvalue weighted by Gasteiger charge is -2.06. The van der Waals surface area contributed by atoms with Crippen LogP contribution in [0, 0.1) is 5.82 Å². The first-order valence-corrected chi connectivity index (χ1v) is 5.42. The van der Waals surface area contributed by atoms with Gasteiger partial charge < -0.3 is 14.8 Å². The summed E-state index contributed by atoms with van der Waals surface area (Å²) in [4.78, 5) is 11.3. The van der Waals surface area contributed by atoms with E-state index >= 15 is 0 Å². The monoisotopic (exact) mass is 239 g/mol. The van der Waals surface area contributed by atoms with Gasteiger partial charge in [-0.3, -0.25) is 4.79 Å². The van der Waals surface area contributed by atoms with Gasteiger partial charge in [0.25, 0.3) is 5.91 Å². The summed E-state index contributed by atoms with van der Waals surface area (Å²) < 4.78 is 22.8. The first-order chi connectivity index (χ1) is 8.20. The van der Waals surface area contributed by atoms with Crippen molar-refractivity contribution in [2.45, 2.75) is 12.5 Å². The topological polar surface area (TPSA) is 50.9 Å². The molecule has 1 N–H and O–H groups in total. The number of nitrogens with one attached hydrogen (secondary N) is 1. The van der Waals surface area contributed by atoms with Gasteiger partial charge in [-0.2, -0.15) is 0 Å². The Morgan fingerprint density at radius 2 is 2.41 bits per heavy atom. The molecule has 1 aliphatic heterocycles. The highest BCUT2D eigenvalue weighted by Crippen LogP contribution is 2.18. The summed E-state index contributed by atoms with van der Waals surface area (Å²) >= 11 is 0. The molecule has 1 heterocycles. The maximum Gasteiger partial charge on any atom is 0.251 e. The molecule has 0 radical (unpaired) electrons. The smallest absolute Gasteiger partial charge is 0.251 e. The first-order valence-electron chi connectivity index (χ1n) is 5.42. The standard InChI is InChI=1S/C12H14FNO3/c1-16-10-6-8(2-3-9(10)13)4-5-14-12(15)11-7-17-11/h2-3,6,11H,4-5,7H2,1H3,(H,14,15). The Morgan fingerprint density at radius 3 is 3.06 bits per heavy atom. The van der Waals surface area contributed by atoms with Crippen LogP contribution < -0.4 is 10.1 Å². The number of methoxy groups -OCH3 is 1. The van der Waals surface area contributed by atoms with Gasteiger partial charge in [-0.1, -0.05) is 6.07 Å². The maximum absolute atomic E-state index is 13.1. The largest absolute Gasteiger partial charge is 0.494 e. The average Bonchev–Trinajstić information content (AvgIpc) is 3.15. The Kier molecular flexibility index (Phi) is 3.58. The van der Waals surface area contributed by atoms with Crippen LogP contribution in [0.15, 0.2) is 18.2 Å². The summed E-state index contributed by atoms with van der Waals surface area (Å²) in [6.07, 6.45) is 0.368. The van der Waals surface area contributed by atoms with Crippen LogP contribution in [0.3, 0.4) is 0 Å². The molecule has 0 bridgehead atoms. The lowest BCUT2D eigenvalue weighted by atomic mass is 10.1. The second-order valence-electron chi connectivity index (χ2n) is 3.83. The Labute approximate surface area is 98.7 Å². The van der Waals surface area contributed by atoms with Gasteiger partial charge in [-0.25, -0.2) is 4.39 Å². The normalized spacial score (nSPS) is 17.6. The predicted octanol–water partition coefficient (Wildman–Crippen LogP) is 0.892. The van der Waals surface area contributed by atoms with E-state index < -0.39 is 0 Å². The minimum Gasteiger partial charge on any atom is -0.494 e. The van der Waals surface area contributed by atoms with E-state index in [2.05, 4.69) is 5.32 Å². The second kappa shape index (κ2) is 5.14. The summed E-state index contributed by atoms with van der Waals surface area (Å²) in [5.74, 6) is -0.245. The summed E-state index contributed by atoms with van der Waals surface area (Å²) in [5, 5.41) is 2.75. The first kappa shape index (κ1) is 11.9. The van der Waals surface area contributed by atoms with Crippen LogP contribution in [0.5, 0.6) is 5.75 Å². The van der Waals surface area contributed by atoms with Crippen LogP contribution in [-0.4, -0.2) is 32.3 Å². The molecule has 1 aromatic rings. The fraction of sp³-hybridized carbons (Fsp3) is 0.417. The Balaban J connectivity index is 1.83. The van der Waals surface area contributed by atoms with Gasteiger partial charge >= 0.3 is 0 Å². The zero-order valence-corrected chi connectivity index (χ0v) is 9.53. The van der Waals surface area contributed by atoms with Crippen molar-refractivity contribution in [3.8, 4) is 5.75 Å². The SMILES string of the molecule is COc1cc(CCNC(=O)C2CO2)ccc1F. The van der Waals surface area contributed by atoms with Crippen molar-refractivity contribution >= 4 is 5.91 Å². The van der Waals surface area contributed by atoms with Crippen molar-refractivity contribution in [1.82, 2.24) is 5.32 Å². The third-order valence-corrected chi connectivity index (χ3v) is 2.55. The summed E-state index contributed by atoms with van der Waals surface area (Å²) in [7, 11) is 1.43. The third-order valence-electron chi connectivity index (χ3n) is 2.55. The molecule has 1 fully saturated rings. The van der Waals surface area contributed by atoms with Crippen molar-refractivity contribution in [3.05, 3.63) is 29.6 Å². The van der Waals surface area contributed by atoms with Crippen molar-refractivity contribution in [2.75, 3.05) is 20.3 Å². The summed E-state index contributed by atoms with van der Waals surface area (Å²) in [5.41, 5.74) is 0.917. The molecule has 1 aromatic carbocycles. The lowest BCUT2D eigenvalue weighted by Crippen LogP contribution is -2.29. The molecule has 2 rings (SSSR count). The van der Waals surface area contributed by atoms with Gasteiger partial charge in [0.15, 0.2) is 17.7 Å². The number of benzene rings is 1. The van der Waals surface area contributed by atoms with E-state index in [9.17, 15) is 9.18 Å². The zero-order valence-electron chi connectivity index (χ0n) is 9.53. The highest BCUT2D eigenvalue weighted by atomic mass is 19.1. The molecular formula is C12H14FNO3. The number of amides is 1. The molecule has 1 atom stereocenters.